The highest BCUT2D eigenvalue weighted by molar-refractivity contribution is 7.90. The summed E-state index contributed by atoms with van der Waals surface area (Å²) < 4.78 is 22.2. The molecule has 0 aliphatic carbocycles. The average Bonchev–Trinajstić information content (AvgIpc) is 2.37. The van der Waals surface area contributed by atoms with Crippen LogP contribution in [0.5, 0.6) is 0 Å². The maximum atomic E-state index is 12.2. The number of sulfone groups is 1. The zero-order valence-electron chi connectivity index (χ0n) is 12.4. The summed E-state index contributed by atoms with van der Waals surface area (Å²) in [7, 11) is -1.45. The second kappa shape index (κ2) is 6.74. The van der Waals surface area contributed by atoms with Crippen LogP contribution in [0.4, 0.5) is 5.69 Å². The van der Waals surface area contributed by atoms with E-state index in [4.69, 9.17) is 0 Å². The molecule has 0 aliphatic rings. The third-order valence-electron chi connectivity index (χ3n) is 2.98. The lowest BCUT2D eigenvalue weighted by molar-refractivity contribution is 0.0803. The number of hydrogen-bond acceptors (Lipinski definition) is 4. The van der Waals surface area contributed by atoms with Gasteiger partial charge < -0.3 is 10.2 Å². The molecule has 0 saturated heterocycles. The Morgan fingerprint density at radius 2 is 2.00 bits per heavy atom. The van der Waals surface area contributed by atoms with Crippen LogP contribution >= 0.6 is 0 Å². The lowest BCUT2D eigenvalue weighted by atomic mass is 10.1. The van der Waals surface area contributed by atoms with Gasteiger partial charge in [-0.1, -0.05) is 0 Å². The normalized spacial score (nSPS) is 11.2. The number of amides is 1. The van der Waals surface area contributed by atoms with Gasteiger partial charge in [0, 0.05) is 37.6 Å². The molecule has 0 saturated carbocycles. The number of carbonyl (C=O) groups excluding carboxylic acids is 1. The predicted octanol–water partition coefficient (Wildman–Crippen LogP) is 1.54. The van der Waals surface area contributed by atoms with Gasteiger partial charge in [-0.15, -0.1) is 0 Å². The first-order chi connectivity index (χ1) is 9.24. The summed E-state index contributed by atoms with van der Waals surface area (Å²) in [6.45, 7) is 4.97. The summed E-state index contributed by atoms with van der Waals surface area (Å²) >= 11 is 0. The number of benzene rings is 1. The molecule has 1 aromatic rings. The van der Waals surface area contributed by atoms with Gasteiger partial charge >= 0.3 is 0 Å². The van der Waals surface area contributed by atoms with E-state index >= 15 is 0 Å². The van der Waals surface area contributed by atoms with E-state index in [9.17, 15) is 13.2 Å². The van der Waals surface area contributed by atoms with E-state index in [2.05, 4.69) is 5.32 Å². The molecule has 0 aromatic heterocycles. The van der Waals surface area contributed by atoms with Crippen molar-refractivity contribution in [2.24, 2.45) is 0 Å². The summed E-state index contributed by atoms with van der Waals surface area (Å²) in [5.74, 6) is -0.191. The van der Waals surface area contributed by atoms with Crippen molar-refractivity contribution in [2.45, 2.75) is 13.8 Å². The number of nitrogens with zero attached hydrogens (tertiary/aromatic N) is 1. The molecule has 0 unspecified atom stereocenters. The minimum atomic E-state index is -3.06. The van der Waals surface area contributed by atoms with Crippen LogP contribution in [0.15, 0.2) is 18.2 Å². The number of anilines is 1. The summed E-state index contributed by atoms with van der Waals surface area (Å²) in [4.78, 5) is 13.6. The van der Waals surface area contributed by atoms with Crippen molar-refractivity contribution in [2.75, 3.05) is 37.5 Å². The van der Waals surface area contributed by atoms with Gasteiger partial charge in [0.25, 0.3) is 5.91 Å². The van der Waals surface area contributed by atoms with Gasteiger partial charge in [0.2, 0.25) is 0 Å². The molecule has 0 fully saturated rings. The van der Waals surface area contributed by atoms with Gasteiger partial charge in [-0.05, 0) is 37.6 Å². The molecule has 1 N–H and O–H groups in total. The van der Waals surface area contributed by atoms with Crippen molar-refractivity contribution in [1.29, 1.82) is 0 Å². The molecule has 20 heavy (non-hydrogen) atoms. The van der Waals surface area contributed by atoms with Crippen LogP contribution in [0.3, 0.4) is 0 Å². The van der Waals surface area contributed by atoms with Crippen LogP contribution in [0.2, 0.25) is 0 Å². The first kappa shape index (κ1) is 16.5. The summed E-state index contributed by atoms with van der Waals surface area (Å²) in [5.41, 5.74) is 2.57. The first-order valence-electron chi connectivity index (χ1n) is 6.52. The van der Waals surface area contributed by atoms with E-state index in [1.807, 2.05) is 26.0 Å². The highest BCUT2D eigenvalue weighted by Crippen LogP contribution is 2.17. The lowest BCUT2D eigenvalue weighted by Gasteiger charge is -2.17. The maximum Gasteiger partial charge on any atom is 0.253 e. The van der Waals surface area contributed by atoms with Crippen LogP contribution in [0.25, 0.3) is 0 Å². The van der Waals surface area contributed by atoms with Crippen LogP contribution < -0.4 is 5.32 Å². The molecule has 0 radical (unpaired) electrons. The molecule has 5 nitrogen and oxygen atoms in total. The van der Waals surface area contributed by atoms with Gasteiger partial charge in [0.15, 0.2) is 0 Å². The molecule has 1 amide bonds. The van der Waals surface area contributed by atoms with Crippen molar-refractivity contribution < 1.29 is 13.2 Å². The highest BCUT2D eigenvalue weighted by atomic mass is 32.2. The summed E-state index contributed by atoms with van der Waals surface area (Å²) in [5, 5.41) is 3.21. The maximum absolute atomic E-state index is 12.2. The fraction of sp³-hybridized carbons (Fsp3) is 0.500. The Labute approximate surface area is 120 Å². The Kier molecular flexibility index (Phi) is 5.56. The van der Waals surface area contributed by atoms with Crippen LogP contribution in [0, 0.1) is 6.92 Å². The van der Waals surface area contributed by atoms with Crippen molar-refractivity contribution >= 4 is 21.4 Å². The standard InChI is InChI=1S/C14H22N2O3S/c1-5-15-13-7-6-12(10-11(13)2)14(17)16(3)8-9-20(4,18)19/h6-7,10,15H,5,8-9H2,1-4H3. The fourth-order valence-corrected chi connectivity index (χ4v) is 2.42. The zero-order valence-corrected chi connectivity index (χ0v) is 13.3. The topological polar surface area (TPSA) is 66.5 Å². The Morgan fingerprint density at radius 3 is 2.50 bits per heavy atom. The molecule has 0 heterocycles. The lowest BCUT2D eigenvalue weighted by Crippen LogP contribution is -2.31. The van der Waals surface area contributed by atoms with Crippen molar-refractivity contribution in [1.82, 2.24) is 4.90 Å². The van der Waals surface area contributed by atoms with Gasteiger partial charge in [0.1, 0.15) is 9.84 Å². The molecular weight excluding hydrogens is 276 g/mol. The number of nitrogens with one attached hydrogen (secondary N) is 1. The molecule has 0 aliphatic heterocycles. The fourth-order valence-electron chi connectivity index (χ4n) is 1.81. The van der Waals surface area contributed by atoms with Gasteiger partial charge in [-0.3, -0.25) is 4.79 Å². The third kappa shape index (κ3) is 4.85. The minimum absolute atomic E-state index is 0.0241. The van der Waals surface area contributed by atoms with Crippen LogP contribution in [-0.2, 0) is 9.84 Å². The largest absolute Gasteiger partial charge is 0.385 e. The molecule has 0 bridgehead atoms. The average molecular weight is 298 g/mol. The Balaban J connectivity index is 2.79. The molecule has 6 heteroatoms. The second-order valence-electron chi connectivity index (χ2n) is 4.92. The van der Waals surface area contributed by atoms with E-state index < -0.39 is 9.84 Å². The van der Waals surface area contributed by atoms with E-state index in [-0.39, 0.29) is 18.2 Å². The molecule has 1 rings (SSSR count). The molecule has 0 atom stereocenters. The Bertz CT molecular complexity index is 582. The van der Waals surface area contributed by atoms with Crippen molar-refractivity contribution in [3.05, 3.63) is 29.3 Å². The monoisotopic (exact) mass is 298 g/mol. The zero-order chi connectivity index (χ0) is 15.3. The molecular formula is C14H22N2O3S. The summed E-state index contributed by atoms with van der Waals surface area (Å²) in [6, 6.07) is 5.44. The van der Waals surface area contributed by atoms with Gasteiger partial charge in [-0.2, -0.15) is 0 Å². The number of rotatable bonds is 6. The summed E-state index contributed by atoms with van der Waals surface area (Å²) in [6.07, 6.45) is 1.17. The van der Waals surface area contributed by atoms with E-state index in [1.165, 1.54) is 11.2 Å². The van der Waals surface area contributed by atoms with Crippen molar-refractivity contribution in [3.63, 3.8) is 0 Å². The molecule has 0 spiro atoms. The Hall–Kier alpha value is -1.56. The second-order valence-corrected chi connectivity index (χ2v) is 7.18. The number of carbonyl (C=O) groups is 1. The number of hydrogen-bond donors (Lipinski definition) is 1. The van der Waals surface area contributed by atoms with E-state index in [0.29, 0.717) is 5.56 Å². The van der Waals surface area contributed by atoms with Gasteiger partial charge in [0.05, 0.1) is 5.75 Å². The molecule has 1 aromatic carbocycles. The predicted molar refractivity (Wildman–Crippen MR) is 82.0 cm³/mol. The van der Waals surface area contributed by atoms with Crippen molar-refractivity contribution in [3.8, 4) is 0 Å². The Morgan fingerprint density at radius 1 is 1.35 bits per heavy atom. The quantitative estimate of drug-likeness (QED) is 0.865. The first-order valence-corrected chi connectivity index (χ1v) is 8.58. The third-order valence-corrected chi connectivity index (χ3v) is 3.91. The smallest absolute Gasteiger partial charge is 0.253 e. The minimum Gasteiger partial charge on any atom is -0.385 e. The van der Waals surface area contributed by atoms with Gasteiger partial charge in [-0.25, -0.2) is 8.42 Å². The number of aryl methyl sites for hydroxylation is 1. The van der Waals surface area contributed by atoms with E-state index in [0.717, 1.165) is 17.8 Å². The van der Waals surface area contributed by atoms with Crippen LogP contribution in [0.1, 0.15) is 22.8 Å². The van der Waals surface area contributed by atoms with Crippen LogP contribution in [-0.4, -0.2) is 51.4 Å². The molecule has 112 valence electrons. The van der Waals surface area contributed by atoms with E-state index in [1.54, 1.807) is 13.1 Å². The highest BCUT2D eigenvalue weighted by Gasteiger charge is 2.14. The SMILES string of the molecule is CCNc1ccc(C(=O)N(C)CCS(C)(=O)=O)cc1C.